The molecule has 0 atom stereocenters. The van der Waals surface area contributed by atoms with Gasteiger partial charge in [0.05, 0.1) is 4.91 Å². The van der Waals surface area contributed by atoms with Gasteiger partial charge >= 0.3 is 0 Å². The van der Waals surface area contributed by atoms with E-state index in [4.69, 9.17) is 28.2 Å². The van der Waals surface area contributed by atoms with E-state index in [0.29, 0.717) is 43.1 Å². The van der Waals surface area contributed by atoms with E-state index in [2.05, 4.69) is 15.6 Å². The first kappa shape index (κ1) is 18.7. The number of amides is 2. The van der Waals surface area contributed by atoms with E-state index < -0.39 is 0 Å². The molecule has 1 aliphatic rings. The zero-order valence-corrected chi connectivity index (χ0v) is 16.6. The second kappa shape index (κ2) is 7.75. The van der Waals surface area contributed by atoms with Crippen LogP contribution >= 0.6 is 35.6 Å². The Morgan fingerprint density at radius 1 is 1.32 bits per heavy atom. The fraction of sp³-hybridized carbons (Fsp3) is 0.0526. The molecule has 0 radical (unpaired) electrons. The van der Waals surface area contributed by atoms with Crippen molar-refractivity contribution in [1.29, 1.82) is 0 Å². The first-order valence-electron chi connectivity index (χ1n) is 8.14. The van der Waals surface area contributed by atoms with E-state index in [9.17, 15) is 9.59 Å². The molecule has 6 nitrogen and oxygen atoms in total. The lowest BCUT2D eigenvalue weighted by Gasteiger charge is -2.05. The van der Waals surface area contributed by atoms with Crippen molar-refractivity contribution in [3.63, 3.8) is 0 Å². The predicted molar refractivity (Wildman–Crippen MR) is 113 cm³/mol. The SMILES string of the molecule is O=C1NC(=S)S/C1=C\c1cc2cncc(C(=O)NCc3ccc(Cl)cc3)c2o1. The summed E-state index contributed by atoms with van der Waals surface area (Å²) in [5, 5.41) is 6.69. The van der Waals surface area contributed by atoms with Crippen LogP contribution in [0.2, 0.25) is 5.02 Å². The number of thiocarbonyl (C=S) groups is 1. The number of hydrogen-bond acceptors (Lipinski definition) is 6. The third-order valence-corrected chi connectivity index (χ3v) is 5.38. The molecule has 28 heavy (non-hydrogen) atoms. The fourth-order valence-corrected chi connectivity index (χ4v) is 3.80. The second-order valence-electron chi connectivity index (χ2n) is 5.92. The Labute approximate surface area is 174 Å². The Morgan fingerprint density at radius 3 is 2.82 bits per heavy atom. The van der Waals surface area contributed by atoms with Crippen LogP contribution in [0.25, 0.3) is 17.0 Å². The minimum absolute atomic E-state index is 0.269. The lowest BCUT2D eigenvalue weighted by molar-refractivity contribution is -0.115. The van der Waals surface area contributed by atoms with Crippen LogP contribution in [-0.4, -0.2) is 21.1 Å². The molecule has 0 bridgehead atoms. The van der Waals surface area contributed by atoms with E-state index in [-0.39, 0.29) is 11.8 Å². The summed E-state index contributed by atoms with van der Waals surface area (Å²) in [7, 11) is 0. The molecule has 0 unspecified atom stereocenters. The third-order valence-electron chi connectivity index (χ3n) is 3.97. The first-order chi connectivity index (χ1) is 13.5. The van der Waals surface area contributed by atoms with Crippen molar-refractivity contribution in [2.24, 2.45) is 0 Å². The number of fused-ring (bicyclic) bond motifs is 1. The van der Waals surface area contributed by atoms with Crippen molar-refractivity contribution in [1.82, 2.24) is 15.6 Å². The highest BCUT2D eigenvalue weighted by atomic mass is 35.5. The van der Waals surface area contributed by atoms with Crippen molar-refractivity contribution in [3.05, 3.63) is 69.5 Å². The molecule has 9 heteroatoms. The predicted octanol–water partition coefficient (Wildman–Crippen LogP) is 3.90. The molecule has 0 saturated carbocycles. The number of nitrogens with zero attached hydrogens (tertiary/aromatic N) is 1. The average molecular weight is 430 g/mol. The van der Waals surface area contributed by atoms with Gasteiger partial charge in [-0.15, -0.1) is 0 Å². The van der Waals surface area contributed by atoms with Gasteiger partial charge in [-0.05, 0) is 23.8 Å². The number of pyridine rings is 1. The molecule has 2 N–H and O–H groups in total. The molecule has 140 valence electrons. The highest BCUT2D eigenvalue weighted by Gasteiger charge is 2.23. The summed E-state index contributed by atoms with van der Waals surface area (Å²) in [5.74, 6) is -0.137. The monoisotopic (exact) mass is 429 g/mol. The lowest BCUT2D eigenvalue weighted by atomic mass is 10.2. The number of nitrogens with one attached hydrogen (secondary N) is 2. The summed E-state index contributed by atoms with van der Waals surface area (Å²) >= 11 is 12.0. The summed E-state index contributed by atoms with van der Waals surface area (Å²) in [5.41, 5.74) is 1.64. The van der Waals surface area contributed by atoms with Crippen LogP contribution in [-0.2, 0) is 11.3 Å². The van der Waals surface area contributed by atoms with Crippen molar-refractivity contribution in [3.8, 4) is 0 Å². The number of hydrogen-bond donors (Lipinski definition) is 2. The highest BCUT2D eigenvalue weighted by molar-refractivity contribution is 8.26. The van der Waals surface area contributed by atoms with E-state index in [1.54, 1.807) is 30.5 Å². The van der Waals surface area contributed by atoms with E-state index >= 15 is 0 Å². The number of carbonyl (C=O) groups excluding carboxylic acids is 2. The fourth-order valence-electron chi connectivity index (χ4n) is 2.65. The minimum Gasteiger partial charge on any atom is -0.456 e. The van der Waals surface area contributed by atoms with Crippen molar-refractivity contribution < 1.29 is 14.0 Å². The Bertz CT molecular complexity index is 1140. The number of carbonyl (C=O) groups is 2. The molecule has 1 saturated heterocycles. The number of aromatic nitrogens is 1. The topological polar surface area (TPSA) is 84.2 Å². The number of benzene rings is 1. The van der Waals surface area contributed by atoms with Gasteiger partial charge in [0, 0.05) is 35.4 Å². The van der Waals surface area contributed by atoms with Crippen molar-refractivity contribution >= 4 is 68.8 Å². The smallest absolute Gasteiger partial charge is 0.263 e. The van der Waals surface area contributed by atoms with Gasteiger partial charge in [0.25, 0.3) is 11.8 Å². The van der Waals surface area contributed by atoms with Crippen molar-refractivity contribution in [2.45, 2.75) is 6.54 Å². The average Bonchev–Trinajstić information content (AvgIpc) is 3.22. The van der Waals surface area contributed by atoms with Crippen LogP contribution in [0.5, 0.6) is 0 Å². The van der Waals surface area contributed by atoms with E-state index in [0.717, 1.165) is 17.3 Å². The third kappa shape index (κ3) is 3.94. The Hall–Kier alpha value is -2.68. The van der Waals surface area contributed by atoms with Gasteiger partial charge in [0.1, 0.15) is 15.6 Å². The summed E-state index contributed by atoms with van der Waals surface area (Å²) in [4.78, 5) is 29.0. The van der Waals surface area contributed by atoms with E-state index in [1.807, 2.05) is 12.1 Å². The van der Waals surface area contributed by atoms with Gasteiger partial charge in [-0.25, -0.2) is 0 Å². The molecule has 4 rings (SSSR count). The molecule has 2 amide bonds. The Balaban J connectivity index is 1.57. The molecular formula is C19H12ClN3O3S2. The van der Waals surface area contributed by atoms with Gasteiger partial charge in [0.15, 0.2) is 5.58 Å². The standard InChI is InChI=1S/C19H12ClN3O3S2/c20-12-3-1-10(2-4-12)7-22-17(24)14-9-21-8-11-5-13(26-16(11)14)6-15-18(25)23-19(27)28-15/h1-6,8-9H,7H2,(H,22,24)(H,23,25,27)/b15-6-. The van der Waals surface area contributed by atoms with Gasteiger partial charge in [-0.2, -0.15) is 0 Å². The quantitative estimate of drug-likeness (QED) is 0.483. The van der Waals surface area contributed by atoms with Crippen LogP contribution in [0.15, 0.2) is 52.0 Å². The Kier molecular flexibility index (Phi) is 5.17. The zero-order chi connectivity index (χ0) is 19.7. The van der Waals surface area contributed by atoms with Gasteiger partial charge in [-0.1, -0.05) is 47.7 Å². The summed E-state index contributed by atoms with van der Waals surface area (Å²) in [6, 6.07) is 8.93. The lowest BCUT2D eigenvalue weighted by Crippen LogP contribution is -2.23. The van der Waals surface area contributed by atoms with Crippen LogP contribution < -0.4 is 10.6 Å². The number of furan rings is 1. The minimum atomic E-state index is -0.309. The molecular weight excluding hydrogens is 418 g/mol. The zero-order valence-electron chi connectivity index (χ0n) is 14.2. The maximum absolute atomic E-state index is 12.6. The first-order valence-corrected chi connectivity index (χ1v) is 9.75. The Morgan fingerprint density at radius 2 is 2.11 bits per heavy atom. The maximum Gasteiger partial charge on any atom is 0.263 e. The number of halogens is 1. The summed E-state index contributed by atoms with van der Waals surface area (Å²) in [6.07, 6.45) is 4.64. The molecule has 1 aliphatic heterocycles. The molecule has 1 aromatic carbocycles. The van der Waals surface area contributed by atoms with E-state index in [1.165, 1.54) is 6.20 Å². The van der Waals surface area contributed by atoms with Gasteiger partial charge < -0.3 is 15.1 Å². The largest absolute Gasteiger partial charge is 0.456 e. The van der Waals surface area contributed by atoms with Crippen LogP contribution in [0.3, 0.4) is 0 Å². The summed E-state index contributed by atoms with van der Waals surface area (Å²) in [6.45, 7) is 0.345. The molecule has 3 heterocycles. The molecule has 0 spiro atoms. The number of rotatable bonds is 4. The number of thioether (sulfide) groups is 1. The highest BCUT2D eigenvalue weighted by Crippen LogP contribution is 2.29. The molecule has 3 aromatic rings. The summed E-state index contributed by atoms with van der Waals surface area (Å²) < 4.78 is 6.20. The van der Waals surface area contributed by atoms with Gasteiger partial charge in [0.2, 0.25) is 0 Å². The van der Waals surface area contributed by atoms with Gasteiger partial charge in [-0.3, -0.25) is 14.6 Å². The normalized spacial score (nSPS) is 15.2. The second-order valence-corrected chi connectivity index (χ2v) is 8.07. The van der Waals surface area contributed by atoms with Crippen LogP contribution in [0.1, 0.15) is 21.7 Å². The van der Waals surface area contributed by atoms with Crippen LogP contribution in [0.4, 0.5) is 0 Å². The maximum atomic E-state index is 12.6. The molecule has 0 aliphatic carbocycles. The molecule has 1 fully saturated rings. The molecule has 2 aromatic heterocycles. The van der Waals surface area contributed by atoms with Crippen molar-refractivity contribution in [2.75, 3.05) is 0 Å². The van der Waals surface area contributed by atoms with Crippen LogP contribution in [0, 0.1) is 0 Å².